The summed E-state index contributed by atoms with van der Waals surface area (Å²) in [4.78, 5) is 5.25. The maximum Gasteiger partial charge on any atom is 0.0622 e. The van der Waals surface area contributed by atoms with E-state index in [1.807, 2.05) is 0 Å². The lowest BCUT2D eigenvalue weighted by Crippen LogP contribution is -2.48. The Balaban J connectivity index is 4.11. The Hall–Kier alpha value is -0.0800. The fourth-order valence-corrected chi connectivity index (χ4v) is 2.99. The Kier molecular flexibility index (Phi) is 12.9. The Labute approximate surface area is 122 Å². The van der Waals surface area contributed by atoms with Crippen molar-refractivity contribution in [1.82, 2.24) is 9.80 Å². The van der Waals surface area contributed by atoms with Crippen LogP contribution in [0.5, 0.6) is 0 Å². The van der Waals surface area contributed by atoms with Crippen LogP contribution in [0.25, 0.3) is 0 Å². The van der Waals surface area contributed by atoms with E-state index in [2.05, 4.69) is 44.4 Å². The molecule has 0 fully saturated rings. The molecule has 0 spiro atoms. The molecular weight excluding hydrogens is 232 g/mol. The van der Waals surface area contributed by atoms with E-state index in [1.54, 1.807) is 0 Å². The van der Waals surface area contributed by atoms with Crippen LogP contribution in [0.15, 0.2) is 0 Å². The van der Waals surface area contributed by atoms with Crippen LogP contribution in [0.3, 0.4) is 0 Å². The number of rotatable bonds is 13. The lowest BCUT2D eigenvalue weighted by Gasteiger charge is -2.38. The van der Waals surface area contributed by atoms with Crippen LogP contribution in [-0.4, -0.2) is 42.1 Å². The molecule has 0 heterocycles. The third-order valence-electron chi connectivity index (χ3n) is 4.28. The van der Waals surface area contributed by atoms with Crippen LogP contribution < -0.4 is 0 Å². The summed E-state index contributed by atoms with van der Waals surface area (Å²) in [5.74, 6) is 0. The van der Waals surface area contributed by atoms with E-state index in [0.717, 1.165) is 0 Å². The van der Waals surface area contributed by atoms with Gasteiger partial charge < -0.3 is 0 Å². The Morgan fingerprint density at radius 1 is 0.579 bits per heavy atom. The van der Waals surface area contributed by atoms with Crippen molar-refractivity contribution in [2.75, 3.05) is 26.2 Å². The highest BCUT2D eigenvalue weighted by Gasteiger charge is 2.20. The van der Waals surface area contributed by atoms with Crippen LogP contribution in [0.1, 0.15) is 79.6 Å². The zero-order valence-corrected chi connectivity index (χ0v) is 14.2. The smallest absolute Gasteiger partial charge is 0.0622 e. The van der Waals surface area contributed by atoms with Crippen LogP contribution in [0, 0.1) is 0 Å². The molecule has 0 saturated heterocycles. The largest absolute Gasteiger partial charge is 0.288 e. The molecule has 0 aromatic heterocycles. The molecule has 0 unspecified atom stereocenters. The highest BCUT2D eigenvalue weighted by molar-refractivity contribution is 4.71. The first-order valence-electron chi connectivity index (χ1n) is 8.73. The van der Waals surface area contributed by atoms with Gasteiger partial charge in [0, 0.05) is 0 Å². The second kappa shape index (κ2) is 12.9. The third-order valence-corrected chi connectivity index (χ3v) is 4.28. The van der Waals surface area contributed by atoms with Crippen molar-refractivity contribution in [3.63, 3.8) is 0 Å². The predicted molar refractivity (Wildman–Crippen MR) is 87.6 cm³/mol. The van der Waals surface area contributed by atoms with Gasteiger partial charge in [-0.3, -0.25) is 9.80 Å². The monoisotopic (exact) mass is 270 g/mol. The Bertz CT molecular complexity index is 162. The molecule has 0 aromatic rings. The average molecular weight is 271 g/mol. The molecule has 0 rings (SSSR count). The summed E-state index contributed by atoms with van der Waals surface area (Å²) in [6.07, 6.45) is 10.4. The van der Waals surface area contributed by atoms with Crippen molar-refractivity contribution in [2.24, 2.45) is 0 Å². The molecular formula is C17H38N2. The van der Waals surface area contributed by atoms with Gasteiger partial charge in [0.15, 0.2) is 0 Å². The molecule has 0 amide bonds. The molecule has 0 atom stereocenters. The van der Waals surface area contributed by atoms with E-state index in [9.17, 15) is 0 Å². The third kappa shape index (κ3) is 7.94. The normalized spacial score (nSPS) is 12.0. The van der Waals surface area contributed by atoms with Crippen LogP contribution in [0.4, 0.5) is 0 Å². The fraction of sp³-hybridized carbons (Fsp3) is 1.00. The minimum atomic E-state index is 0.663. The van der Waals surface area contributed by atoms with E-state index in [-0.39, 0.29) is 0 Å². The molecule has 0 aliphatic carbocycles. The molecule has 0 N–H and O–H groups in total. The van der Waals surface area contributed by atoms with E-state index in [1.165, 1.54) is 71.1 Å². The van der Waals surface area contributed by atoms with Gasteiger partial charge in [-0.1, -0.05) is 73.1 Å². The molecule has 116 valence electrons. The van der Waals surface area contributed by atoms with Crippen molar-refractivity contribution in [1.29, 1.82) is 0 Å². The van der Waals surface area contributed by atoms with E-state index >= 15 is 0 Å². The van der Waals surface area contributed by atoms with E-state index < -0.39 is 0 Å². The summed E-state index contributed by atoms with van der Waals surface area (Å²) < 4.78 is 0. The summed E-state index contributed by atoms with van der Waals surface area (Å²) in [6.45, 7) is 16.2. The molecule has 2 nitrogen and oxygen atoms in total. The number of unbranched alkanes of at least 4 members (excludes halogenated alkanes) is 5. The van der Waals surface area contributed by atoms with Crippen molar-refractivity contribution >= 4 is 0 Å². The van der Waals surface area contributed by atoms with Crippen molar-refractivity contribution in [3.8, 4) is 0 Å². The highest BCUT2D eigenvalue weighted by atomic mass is 15.3. The quantitative estimate of drug-likeness (QED) is 0.352. The first-order valence-corrected chi connectivity index (χ1v) is 8.73. The van der Waals surface area contributed by atoms with E-state index in [0.29, 0.717) is 6.17 Å². The van der Waals surface area contributed by atoms with Gasteiger partial charge in [-0.2, -0.15) is 0 Å². The standard InChI is InChI=1S/C17H38N2/c1-6-11-12-13-14-15-16-17(18(7-2)8-3)19(9-4)10-5/h17H,6-16H2,1-5H3. The first-order chi connectivity index (χ1) is 9.24. The summed E-state index contributed by atoms with van der Waals surface area (Å²) >= 11 is 0. The number of hydrogen-bond donors (Lipinski definition) is 0. The summed E-state index contributed by atoms with van der Waals surface area (Å²) in [5.41, 5.74) is 0. The second-order valence-electron chi connectivity index (χ2n) is 5.48. The van der Waals surface area contributed by atoms with Gasteiger partial charge in [0.2, 0.25) is 0 Å². The van der Waals surface area contributed by atoms with Gasteiger partial charge in [0.05, 0.1) is 6.17 Å². The molecule has 0 saturated carbocycles. The zero-order chi connectivity index (χ0) is 14.5. The molecule has 0 aliphatic rings. The van der Waals surface area contributed by atoms with Gasteiger partial charge in [-0.05, 0) is 32.6 Å². The Morgan fingerprint density at radius 3 is 1.42 bits per heavy atom. The Morgan fingerprint density at radius 2 is 1.00 bits per heavy atom. The predicted octanol–water partition coefficient (Wildman–Crippen LogP) is 4.75. The minimum Gasteiger partial charge on any atom is -0.288 e. The first kappa shape index (κ1) is 18.9. The van der Waals surface area contributed by atoms with Gasteiger partial charge >= 0.3 is 0 Å². The van der Waals surface area contributed by atoms with Crippen LogP contribution in [0.2, 0.25) is 0 Å². The zero-order valence-electron chi connectivity index (χ0n) is 14.2. The van der Waals surface area contributed by atoms with Gasteiger partial charge in [-0.25, -0.2) is 0 Å². The molecule has 0 aromatic carbocycles. The number of hydrogen-bond acceptors (Lipinski definition) is 2. The maximum atomic E-state index is 2.62. The molecule has 2 heteroatoms. The topological polar surface area (TPSA) is 6.48 Å². The van der Waals surface area contributed by atoms with Gasteiger partial charge in [-0.15, -0.1) is 0 Å². The highest BCUT2D eigenvalue weighted by Crippen LogP contribution is 2.15. The number of nitrogens with zero attached hydrogens (tertiary/aromatic N) is 2. The molecule has 0 aliphatic heterocycles. The van der Waals surface area contributed by atoms with Crippen molar-refractivity contribution in [3.05, 3.63) is 0 Å². The molecule has 19 heavy (non-hydrogen) atoms. The molecule has 0 bridgehead atoms. The second-order valence-corrected chi connectivity index (χ2v) is 5.48. The van der Waals surface area contributed by atoms with Crippen LogP contribution >= 0.6 is 0 Å². The van der Waals surface area contributed by atoms with Gasteiger partial charge in [0.25, 0.3) is 0 Å². The lowest BCUT2D eigenvalue weighted by molar-refractivity contribution is 0.0482. The van der Waals surface area contributed by atoms with Gasteiger partial charge in [0.1, 0.15) is 0 Å². The molecule has 0 radical (unpaired) electrons. The fourth-order valence-electron chi connectivity index (χ4n) is 2.99. The summed E-state index contributed by atoms with van der Waals surface area (Å²) in [6, 6.07) is 0. The summed E-state index contributed by atoms with van der Waals surface area (Å²) in [7, 11) is 0. The van der Waals surface area contributed by atoms with Crippen LogP contribution in [-0.2, 0) is 0 Å². The lowest BCUT2D eigenvalue weighted by atomic mass is 10.1. The average Bonchev–Trinajstić information content (AvgIpc) is 2.44. The van der Waals surface area contributed by atoms with Crippen molar-refractivity contribution < 1.29 is 0 Å². The maximum absolute atomic E-state index is 2.62. The summed E-state index contributed by atoms with van der Waals surface area (Å²) in [5, 5.41) is 0. The SMILES string of the molecule is CCCCCCCCC(N(CC)CC)N(CC)CC. The minimum absolute atomic E-state index is 0.663. The van der Waals surface area contributed by atoms with E-state index in [4.69, 9.17) is 0 Å². The van der Waals surface area contributed by atoms with Crippen molar-refractivity contribution in [2.45, 2.75) is 85.7 Å².